The molecular formula is C28H30BFN6O5S. The summed E-state index contributed by atoms with van der Waals surface area (Å²) in [4.78, 5) is 43.1. The first-order valence-electron chi connectivity index (χ1n) is 13.7. The molecular weight excluding hydrogens is 562 g/mol. The first-order valence-corrected chi connectivity index (χ1v) is 15.1. The zero-order chi connectivity index (χ0) is 29.9. The van der Waals surface area contributed by atoms with E-state index in [2.05, 4.69) is 5.32 Å². The fourth-order valence-corrected chi connectivity index (χ4v) is 6.84. The number of pyridine rings is 1. The minimum Gasteiger partial charge on any atom is -0.352 e. The van der Waals surface area contributed by atoms with Gasteiger partial charge in [0, 0.05) is 45.3 Å². The molecule has 6 rings (SSSR count). The Morgan fingerprint density at radius 2 is 1.64 bits per heavy atom. The van der Waals surface area contributed by atoms with Crippen molar-refractivity contribution in [1.82, 2.24) is 22.9 Å². The van der Waals surface area contributed by atoms with E-state index in [1.807, 2.05) is 11.9 Å². The van der Waals surface area contributed by atoms with Crippen LogP contribution in [0.3, 0.4) is 0 Å². The van der Waals surface area contributed by atoms with E-state index in [0.29, 0.717) is 44.5 Å². The molecule has 1 N–H and O–H groups in total. The molecule has 2 aromatic heterocycles. The van der Waals surface area contributed by atoms with Gasteiger partial charge < -0.3 is 10.2 Å². The summed E-state index contributed by atoms with van der Waals surface area (Å²) in [5, 5.41) is 2.90. The number of hydrogen-bond acceptors (Lipinski definition) is 7. The molecule has 1 saturated heterocycles. The number of fused-ring (bicyclic) bond motifs is 1. The van der Waals surface area contributed by atoms with E-state index in [1.165, 1.54) is 56.9 Å². The van der Waals surface area contributed by atoms with E-state index >= 15 is 0 Å². The number of benzene rings is 2. The van der Waals surface area contributed by atoms with Crippen LogP contribution in [-0.2, 0) is 17.1 Å². The van der Waals surface area contributed by atoms with Crippen LogP contribution in [0.4, 0.5) is 15.8 Å². The maximum Gasteiger partial charge on any atom is 0.337 e. The topological polar surface area (TPSA) is 119 Å². The van der Waals surface area contributed by atoms with Gasteiger partial charge in [-0.25, -0.2) is 22.2 Å². The van der Waals surface area contributed by atoms with Crippen molar-refractivity contribution in [2.75, 3.05) is 38.5 Å². The molecule has 14 heteroatoms. The molecule has 0 radical (unpaired) electrons. The highest BCUT2D eigenvalue weighted by Crippen LogP contribution is 2.34. The third-order valence-electron chi connectivity index (χ3n) is 7.93. The molecule has 1 aliphatic heterocycles. The van der Waals surface area contributed by atoms with Crippen LogP contribution in [0, 0.1) is 5.82 Å². The first-order chi connectivity index (χ1) is 20.0. The maximum absolute atomic E-state index is 14.8. The van der Waals surface area contributed by atoms with Gasteiger partial charge in [-0.3, -0.25) is 18.7 Å². The Hall–Kier alpha value is -4.01. The third kappa shape index (κ3) is 4.78. The highest BCUT2D eigenvalue weighted by Gasteiger charge is 2.32. The largest absolute Gasteiger partial charge is 0.352 e. The fourth-order valence-electron chi connectivity index (χ4n) is 5.38. The molecule has 2 aliphatic rings. The number of aryl methyl sites for hydroxylation is 1. The molecule has 1 saturated carbocycles. The highest BCUT2D eigenvalue weighted by molar-refractivity contribution is 7.89. The Morgan fingerprint density at radius 1 is 0.929 bits per heavy atom. The van der Waals surface area contributed by atoms with Gasteiger partial charge in [0.2, 0.25) is 10.0 Å². The number of likely N-dealkylation sites (N-methyl/N-ethyl adjacent to an activating group) is 1. The van der Waals surface area contributed by atoms with Gasteiger partial charge in [0.05, 0.1) is 22.0 Å². The molecule has 0 spiro atoms. The van der Waals surface area contributed by atoms with Gasteiger partial charge in [0.25, 0.3) is 11.1 Å². The van der Waals surface area contributed by atoms with Crippen molar-refractivity contribution >= 4 is 45.7 Å². The van der Waals surface area contributed by atoms with E-state index in [9.17, 15) is 27.2 Å². The molecule has 3 heterocycles. The summed E-state index contributed by atoms with van der Waals surface area (Å²) in [5.41, 5.74) is -0.880. The number of rotatable bonds is 6. The average Bonchev–Trinajstić information content (AvgIpc) is 3.78. The minimum atomic E-state index is -3.88. The molecule has 0 unspecified atom stereocenters. The van der Waals surface area contributed by atoms with Gasteiger partial charge in [-0.1, -0.05) is 17.6 Å². The molecule has 4 aromatic rings. The highest BCUT2D eigenvalue weighted by atomic mass is 32.2. The molecule has 2 fully saturated rings. The zero-order valence-corrected chi connectivity index (χ0v) is 24.3. The van der Waals surface area contributed by atoms with Gasteiger partial charge >= 0.3 is 5.69 Å². The number of nitrogens with one attached hydrogen (secondary N) is 1. The van der Waals surface area contributed by atoms with Crippen molar-refractivity contribution in [2.24, 2.45) is 7.05 Å². The third-order valence-corrected chi connectivity index (χ3v) is 9.83. The van der Waals surface area contributed by atoms with E-state index in [1.54, 1.807) is 20.0 Å². The second-order valence-electron chi connectivity index (χ2n) is 11.0. The monoisotopic (exact) mass is 592 g/mol. The van der Waals surface area contributed by atoms with Crippen LogP contribution in [0.25, 0.3) is 16.7 Å². The van der Waals surface area contributed by atoms with Crippen LogP contribution in [0.2, 0.25) is 0 Å². The predicted octanol–water partition coefficient (Wildman–Crippen LogP) is 0.263. The molecule has 2 aromatic carbocycles. The lowest BCUT2D eigenvalue weighted by atomic mass is 9.96. The van der Waals surface area contributed by atoms with Gasteiger partial charge in [0.1, 0.15) is 24.7 Å². The van der Waals surface area contributed by atoms with Gasteiger partial charge in [-0.15, -0.1) is 0 Å². The number of aromatic nitrogens is 3. The Morgan fingerprint density at radius 3 is 2.31 bits per heavy atom. The van der Waals surface area contributed by atoms with Crippen molar-refractivity contribution < 1.29 is 12.8 Å². The summed E-state index contributed by atoms with van der Waals surface area (Å²) >= 11 is 0. The quantitative estimate of drug-likeness (QED) is 0.320. The van der Waals surface area contributed by atoms with Crippen molar-refractivity contribution in [3.05, 3.63) is 85.5 Å². The summed E-state index contributed by atoms with van der Waals surface area (Å²) in [5.74, 6) is -0.568. The van der Waals surface area contributed by atoms with Crippen LogP contribution in [-0.4, -0.2) is 72.4 Å². The number of nitrogens with zero attached hydrogens (tertiary/aromatic N) is 5. The second-order valence-corrected chi connectivity index (χ2v) is 12.9. The standard InChI is InChI=1S/C28H30BFN6O5S/c1-32-10-12-34(13-11-32)42(40,41)20-5-3-4-19(15-20)35-26-25(27(38)36(28(35)39)18-7-8-18)23(16-24(37)33(26)2)31-22-9-6-17(29)14-21(22)30/h3-6,9,14-16,18,31H,7-8,10-13,29H2,1-2H3. The Labute approximate surface area is 241 Å². The van der Waals surface area contributed by atoms with E-state index in [-0.39, 0.29) is 39.0 Å². The fraction of sp³-hybridized carbons (Fsp3) is 0.321. The van der Waals surface area contributed by atoms with Crippen molar-refractivity contribution in [3.63, 3.8) is 0 Å². The lowest BCUT2D eigenvalue weighted by Gasteiger charge is -2.31. The Bertz CT molecular complexity index is 2030. The number of halogens is 1. The summed E-state index contributed by atoms with van der Waals surface area (Å²) < 4.78 is 46.9. The second kappa shape index (κ2) is 10.4. The van der Waals surface area contributed by atoms with Crippen LogP contribution < -0.4 is 27.6 Å². The molecule has 42 heavy (non-hydrogen) atoms. The van der Waals surface area contributed by atoms with E-state index in [4.69, 9.17) is 0 Å². The Kier molecular flexibility index (Phi) is 6.94. The molecule has 0 amide bonds. The van der Waals surface area contributed by atoms with Crippen LogP contribution in [0.1, 0.15) is 18.9 Å². The molecule has 1 aliphatic carbocycles. The normalized spacial score (nSPS) is 16.6. The van der Waals surface area contributed by atoms with Crippen LogP contribution >= 0.6 is 0 Å². The first kappa shape index (κ1) is 28.1. The summed E-state index contributed by atoms with van der Waals surface area (Å²) in [6.45, 7) is 1.85. The van der Waals surface area contributed by atoms with Gasteiger partial charge in [-0.05, 0) is 50.2 Å². The number of piperazine rings is 1. The molecule has 11 nitrogen and oxygen atoms in total. The van der Waals surface area contributed by atoms with Crippen LogP contribution in [0.5, 0.6) is 0 Å². The van der Waals surface area contributed by atoms with Crippen molar-refractivity contribution in [2.45, 2.75) is 23.8 Å². The summed E-state index contributed by atoms with van der Waals surface area (Å²) in [6.07, 6.45) is 1.25. The summed E-state index contributed by atoms with van der Waals surface area (Å²) in [6, 6.07) is 11.4. The maximum atomic E-state index is 14.8. The van der Waals surface area contributed by atoms with Crippen LogP contribution in [0.15, 0.2) is 67.8 Å². The van der Waals surface area contributed by atoms with Gasteiger partial charge in [-0.2, -0.15) is 4.31 Å². The molecule has 218 valence electrons. The minimum absolute atomic E-state index is 0.00483. The van der Waals surface area contributed by atoms with Gasteiger partial charge in [0.15, 0.2) is 0 Å². The van der Waals surface area contributed by atoms with Crippen molar-refractivity contribution in [1.29, 1.82) is 0 Å². The van der Waals surface area contributed by atoms with E-state index < -0.39 is 32.6 Å². The number of hydrogen-bond donors (Lipinski definition) is 1. The van der Waals surface area contributed by atoms with Crippen molar-refractivity contribution in [3.8, 4) is 5.69 Å². The Balaban J connectivity index is 1.60. The van der Waals surface area contributed by atoms with E-state index in [0.717, 1.165) is 4.57 Å². The molecule has 0 bridgehead atoms. The average molecular weight is 592 g/mol. The lowest BCUT2D eigenvalue weighted by molar-refractivity contribution is 0.222. The zero-order valence-electron chi connectivity index (χ0n) is 23.5. The SMILES string of the molecule is Bc1ccc(Nc2cc(=O)n(C)c3c2c(=O)n(C2CC2)c(=O)n3-c2cccc(S(=O)(=O)N3CCN(C)CC3)c2)c(F)c1. The molecule has 0 atom stereocenters. The number of anilines is 2. The number of sulfonamides is 1. The lowest BCUT2D eigenvalue weighted by Crippen LogP contribution is -2.47. The smallest absolute Gasteiger partial charge is 0.337 e. The predicted molar refractivity (Wildman–Crippen MR) is 161 cm³/mol. The summed E-state index contributed by atoms with van der Waals surface area (Å²) in [7, 11) is 1.22.